The summed E-state index contributed by atoms with van der Waals surface area (Å²) in [5.41, 5.74) is 1.14. The van der Waals surface area contributed by atoms with Crippen LogP contribution in [-0.2, 0) is 7.05 Å². The molecule has 92 valence electrons. The average Bonchev–Trinajstić information content (AvgIpc) is 2.51. The van der Waals surface area contributed by atoms with Crippen LogP contribution in [0.25, 0.3) is 0 Å². The third kappa shape index (κ3) is 2.55. The zero-order valence-electron chi connectivity index (χ0n) is 10.9. The van der Waals surface area contributed by atoms with Gasteiger partial charge in [0, 0.05) is 7.05 Å². The van der Waals surface area contributed by atoms with Crippen molar-refractivity contribution in [3.05, 3.63) is 11.4 Å². The van der Waals surface area contributed by atoms with Crippen LogP contribution in [-0.4, -0.2) is 27.1 Å². The number of hydrogen-bond donors (Lipinski definition) is 1. The van der Waals surface area contributed by atoms with Crippen LogP contribution in [0.3, 0.4) is 0 Å². The van der Waals surface area contributed by atoms with Crippen LogP contribution in [0.1, 0.15) is 38.1 Å². The smallest absolute Gasteiger partial charge is 0.163 e. The second-order valence-corrected chi connectivity index (χ2v) is 4.34. The fraction of sp³-hybridized carbons (Fsp3) is 0.750. The Morgan fingerprint density at radius 1 is 1.31 bits per heavy atom. The van der Waals surface area contributed by atoms with Crippen molar-refractivity contribution in [2.45, 2.75) is 46.1 Å². The van der Waals surface area contributed by atoms with Gasteiger partial charge < -0.3 is 9.84 Å². The molecule has 1 aromatic heterocycles. The van der Waals surface area contributed by atoms with Crippen LogP contribution < -0.4 is 4.74 Å². The number of ether oxygens (including phenoxy) is 1. The van der Waals surface area contributed by atoms with Gasteiger partial charge in [-0.3, -0.25) is 4.68 Å². The minimum absolute atomic E-state index is 0.327. The molecule has 0 radical (unpaired) electrons. The van der Waals surface area contributed by atoms with Crippen LogP contribution in [0.5, 0.6) is 5.75 Å². The van der Waals surface area contributed by atoms with Crippen molar-refractivity contribution in [2.75, 3.05) is 6.61 Å². The van der Waals surface area contributed by atoms with E-state index < -0.39 is 5.60 Å². The van der Waals surface area contributed by atoms with Gasteiger partial charge in [0.05, 0.1) is 11.3 Å². The molecule has 0 aromatic carbocycles. The molecule has 0 aliphatic carbocycles. The van der Waals surface area contributed by atoms with E-state index in [9.17, 15) is 5.11 Å². The Morgan fingerprint density at radius 2 is 1.88 bits per heavy atom. The number of rotatable bonds is 5. The van der Waals surface area contributed by atoms with Crippen LogP contribution in [0, 0.1) is 13.8 Å². The van der Waals surface area contributed by atoms with Gasteiger partial charge in [-0.2, -0.15) is 5.10 Å². The number of aryl methyl sites for hydroxylation is 2. The number of nitrogens with zero attached hydrogens (tertiary/aromatic N) is 2. The van der Waals surface area contributed by atoms with E-state index in [0.717, 1.165) is 17.1 Å². The Kier molecular flexibility index (Phi) is 3.97. The second-order valence-electron chi connectivity index (χ2n) is 4.34. The van der Waals surface area contributed by atoms with E-state index >= 15 is 0 Å². The largest absolute Gasteiger partial charge is 0.487 e. The number of hydrogen-bond acceptors (Lipinski definition) is 3. The number of aliphatic hydroxyl groups is 1. The molecule has 0 aliphatic rings. The van der Waals surface area contributed by atoms with Gasteiger partial charge in [0.1, 0.15) is 12.3 Å². The van der Waals surface area contributed by atoms with Crippen molar-refractivity contribution in [1.29, 1.82) is 0 Å². The summed E-state index contributed by atoms with van der Waals surface area (Å²) >= 11 is 0. The zero-order chi connectivity index (χ0) is 12.3. The molecule has 0 fully saturated rings. The van der Waals surface area contributed by atoms with Crippen molar-refractivity contribution in [3.8, 4) is 5.75 Å². The Labute approximate surface area is 97.2 Å². The summed E-state index contributed by atoms with van der Waals surface area (Å²) in [5, 5.41) is 14.4. The molecule has 0 bridgehead atoms. The molecule has 16 heavy (non-hydrogen) atoms. The van der Waals surface area contributed by atoms with E-state index in [-0.39, 0.29) is 0 Å². The summed E-state index contributed by atoms with van der Waals surface area (Å²) in [6, 6.07) is 0. The molecule has 1 heterocycles. The third-order valence-electron chi connectivity index (χ3n) is 3.24. The first-order chi connectivity index (χ1) is 7.43. The molecule has 1 rings (SSSR count). The third-order valence-corrected chi connectivity index (χ3v) is 3.24. The lowest BCUT2D eigenvalue weighted by molar-refractivity contribution is -0.0117. The predicted molar refractivity (Wildman–Crippen MR) is 63.7 cm³/mol. The van der Waals surface area contributed by atoms with E-state index in [1.54, 1.807) is 4.68 Å². The quantitative estimate of drug-likeness (QED) is 0.835. The minimum atomic E-state index is -0.727. The highest BCUT2D eigenvalue weighted by Gasteiger charge is 2.24. The van der Waals surface area contributed by atoms with Gasteiger partial charge >= 0.3 is 0 Å². The molecule has 0 unspecified atom stereocenters. The normalized spacial score (nSPS) is 11.9. The van der Waals surface area contributed by atoms with Crippen molar-refractivity contribution in [3.63, 3.8) is 0 Å². The lowest BCUT2D eigenvalue weighted by atomic mass is 9.99. The monoisotopic (exact) mass is 226 g/mol. The van der Waals surface area contributed by atoms with Crippen molar-refractivity contribution < 1.29 is 9.84 Å². The molecule has 0 atom stereocenters. The summed E-state index contributed by atoms with van der Waals surface area (Å²) in [6.07, 6.45) is 1.39. The van der Waals surface area contributed by atoms with E-state index in [0.29, 0.717) is 19.4 Å². The van der Waals surface area contributed by atoms with Crippen LogP contribution >= 0.6 is 0 Å². The molecular weight excluding hydrogens is 204 g/mol. The maximum atomic E-state index is 10.1. The van der Waals surface area contributed by atoms with Crippen molar-refractivity contribution in [1.82, 2.24) is 9.78 Å². The zero-order valence-corrected chi connectivity index (χ0v) is 10.9. The summed E-state index contributed by atoms with van der Waals surface area (Å²) in [6.45, 7) is 8.14. The SMILES string of the molecule is CCC(O)(CC)COc1c(C)nn(C)c1C. The van der Waals surface area contributed by atoms with Gasteiger partial charge in [-0.15, -0.1) is 0 Å². The lowest BCUT2D eigenvalue weighted by Gasteiger charge is -2.25. The van der Waals surface area contributed by atoms with Crippen molar-refractivity contribution >= 4 is 0 Å². The molecule has 0 spiro atoms. The lowest BCUT2D eigenvalue weighted by Crippen LogP contribution is -2.34. The topological polar surface area (TPSA) is 47.3 Å². The highest BCUT2D eigenvalue weighted by Crippen LogP contribution is 2.24. The van der Waals surface area contributed by atoms with Crippen LogP contribution in [0.2, 0.25) is 0 Å². The Hall–Kier alpha value is -1.03. The Morgan fingerprint density at radius 3 is 2.25 bits per heavy atom. The molecule has 0 amide bonds. The second kappa shape index (κ2) is 4.87. The standard InChI is InChI=1S/C12H22N2O2/c1-6-12(15,7-2)8-16-11-9(3)13-14(5)10(11)4/h15H,6-8H2,1-5H3. The molecule has 0 aliphatic heterocycles. The summed E-state index contributed by atoms with van der Waals surface area (Å²) in [7, 11) is 1.89. The Balaban J connectivity index is 2.74. The molecule has 0 saturated heterocycles. The first-order valence-electron chi connectivity index (χ1n) is 5.79. The maximum Gasteiger partial charge on any atom is 0.163 e. The molecule has 1 N–H and O–H groups in total. The average molecular weight is 226 g/mol. The summed E-state index contributed by atoms with van der Waals surface area (Å²) in [5.74, 6) is 0.794. The van der Waals surface area contributed by atoms with E-state index in [1.807, 2.05) is 34.7 Å². The van der Waals surface area contributed by atoms with Gasteiger partial charge in [0.2, 0.25) is 0 Å². The van der Waals surface area contributed by atoms with Crippen LogP contribution in [0.4, 0.5) is 0 Å². The van der Waals surface area contributed by atoms with Crippen molar-refractivity contribution in [2.24, 2.45) is 7.05 Å². The Bertz CT molecular complexity index is 354. The maximum absolute atomic E-state index is 10.1. The fourth-order valence-electron chi connectivity index (χ4n) is 1.62. The van der Waals surface area contributed by atoms with Gasteiger partial charge in [-0.25, -0.2) is 0 Å². The first kappa shape index (κ1) is 13.0. The van der Waals surface area contributed by atoms with E-state index in [1.165, 1.54) is 0 Å². The van der Waals surface area contributed by atoms with Gasteiger partial charge in [-0.1, -0.05) is 13.8 Å². The fourth-order valence-corrected chi connectivity index (χ4v) is 1.62. The molecule has 0 saturated carbocycles. The molecule has 1 aromatic rings. The van der Waals surface area contributed by atoms with E-state index in [4.69, 9.17) is 4.74 Å². The highest BCUT2D eigenvalue weighted by atomic mass is 16.5. The van der Waals surface area contributed by atoms with Crippen LogP contribution in [0.15, 0.2) is 0 Å². The summed E-state index contributed by atoms with van der Waals surface area (Å²) in [4.78, 5) is 0. The van der Waals surface area contributed by atoms with Gasteiger partial charge in [0.15, 0.2) is 5.75 Å². The van der Waals surface area contributed by atoms with E-state index in [2.05, 4.69) is 5.10 Å². The predicted octanol–water partition coefficient (Wildman–Crippen LogP) is 1.97. The molecular formula is C12H22N2O2. The molecule has 4 heteroatoms. The van der Waals surface area contributed by atoms with Gasteiger partial charge in [0.25, 0.3) is 0 Å². The highest BCUT2D eigenvalue weighted by molar-refractivity contribution is 5.31. The summed E-state index contributed by atoms with van der Waals surface area (Å²) < 4.78 is 7.50. The minimum Gasteiger partial charge on any atom is -0.487 e. The molecule has 4 nitrogen and oxygen atoms in total. The first-order valence-corrected chi connectivity index (χ1v) is 5.79. The number of aromatic nitrogens is 2. The van der Waals surface area contributed by atoms with Gasteiger partial charge in [-0.05, 0) is 26.7 Å².